The zero-order valence-corrected chi connectivity index (χ0v) is 7.85. The summed E-state index contributed by atoms with van der Waals surface area (Å²) in [6.07, 6.45) is 2.60. The number of rotatable bonds is 3. The lowest BCUT2D eigenvalue weighted by molar-refractivity contribution is 0.572. The molecule has 0 unspecified atom stereocenters. The van der Waals surface area contributed by atoms with Crippen molar-refractivity contribution in [1.29, 1.82) is 0 Å². The monoisotopic (exact) mass is 183 g/mol. The molecule has 1 rings (SSSR count). The van der Waals surface area contributed by atoms with E-state index in [1.54, 1.807) is 6.42 Å². The van der Waals surface area contributed by atoms with Gasteiger partial charge < -0.3 is 0 Å². The summed E-state index contributed by atoms with van der Waals surface area (Å²) in [7, 11) is 0. The van der Waals surface area contributed by atoms with Crippen molar-refractivity contribution < 1.29 is 8.78 Å². The lowest BCUT2D eigenvalue weighted by Gasteiger charge is -2.04. The van der Waals surface area contributed by atoms with Gasteiger partial charge in [-0.2, -0.15) is 0 Å². The summed E-state index contributed by atoms with van der Waals surface area (Å²) >= 11 is 0. The van der Waals surface area contributed by atoms with Crippen LogP contribution in [0.4, 0.5) is 8.78 Å². The largest absolute Gasteiger partial charge is 0.207 e. The molecule has 0 aromatic heterocycles. The fraction of sp³-hybridized carbons (Fsp3) is 0.364. The quantitative estimate of drug-likeness (QED) is 0.672. The van der Waals surface area contributed by atoms with Crippen molar-refractivity contribution in [1.82, 2.24) is 0 Å². The Morgan fingerprint density at radius 1 is 1.31 bits per heavy atom. The molecule has 0 saturated heterocycles. The van der Waals surface area contributed by atoms with Crippen molar-refractivity contribution in [2.24, 2.45) is 5.92 Å². The Bertz CT molecular complexity index is 279. The van der Waals surface area contributed by atoms with Crippen LogP contribution in [0.1, 0.15) is 25.8 Å². The minimum atomic E-state index is -0.529. The molecule has 0 nitrogen and oxygen atoms in total. The van der Waals surface area contributed by atoms with Gasteiger partial charge in [0.1, 0.15) is 11.6 Å². The first-order chi connectivity index (χ1) is 6.09. The zero-order valence-electron chi connectivity index (χ0n) is 7.85. The first-order valence-electron chi connectivity index (χ1n) is 4.38. The van der Waals surface area contributed by atoms with Gasteiger partial charge in [-0.15, -0.1) is 0 Å². The highest BCUT2D eigenvalue weighted by atomic mass is 19.1. The van der Waals surface area contributed by atoms with Crippen molar-refractivity contribution in [2.45, 2.75) is 20.3 Å². The molecule has 0 heterocycles. The van der Waals surface area contributed by atoms with E-state index >= 15 is 0 Å². The van der Waals surface area contributed by atoms with E-state index in [9.17, 15) is 8.78 Å². The van der Waals surface area contributed by atoms with Crippen LogP contribution in [0.2, 0.25) is 0 Å². The van der Waals surface area contributed by atoms with Gasteiger partial charge in [-0.05, 0) is 30.4 Å². The Hall–Kier alpha value is -0.920. The average molecular weight is 183 g/mol. The van der Waals surface area contributed by atoms with Gasteiger partial charge in [-0.3, -0.25) is 0 Å². The third-order valence-corrected chi connectivity index (χ3v) is 1.77. The smallest absolute Gasteiger partial charge is 0.129 e. The van der Waals surface area contributed by atoms with Gasteiger partial charge in [0, 0.05) is 6.07 Å². The van der Waals surface area contributed by atoms with E-state index < -0.39 is 11.6 Å². The van der Waals surface area contributed by atoms with E-state index in [4.69, 9.17) is 0 Å². The number of benzene rings is 1. The van der Waals surface area contributed by atoms with Gasteiger partial charge in [0.2, 0.25) is 0 Å². The van der Waals surface area contributed by atoms with Crippen LogP contribution >= 0.6 is 0 Å². The standard InChI is InChI=1S/C11H13F2/c1-8(2)3-4-9-5-6-10(12)7-11(9)13/h4-8H,3H2,1-2H3. The minimum absolute atomic E-state index is 0.482. The molecule has 0 atom stereocenters. The molecule has 2 heteroatoms. The molecule has 13 heavy (non-hydrogen) atoms. The van der Waals surface area contributed by atoms with E-state index in [0.29, 0.717) is 11.5 Å². The fourth-order valence-electron chi connectivity index (χ4n) is 1.03. The van der Waals surface area contributed by atoms with Gasteiger partial charge in [0.15, 0.2) is 0 Å². The molecule has 0 amide bonds. The third kappa shape index (κ3) is 3.13. The molecule has 0 aliphatic carbocycles. The lowest BCUT2D eigenvalue weighted by Crippen LogP contribution is -1.93. The van der Waals surface area contributed by atoms with Gasteiger partial charge in [0.05, 0.1) is 0 Å². The Labute approximate surface area is 77.6 Å². The minimum Gasteiger partial charge on any atom is -0.207 e. The molecule has 0 N–H and O–H groups in total. The van der Waals surface area contributed by atoms with Crippen LogP contribution in [0.15, 0.2) is 18.2 Å². The summed E-state index contributed by atoms with van der Waals surface area (Å²) in [5.41, 5.74) is 0.482. The first-order valence-corrected chi connectivity index (χ1v) is 4.38. The van der Waals surface area contributed by atoms with Crippen molar-refractivity contribution in [3.63, 3.8) is 0 Å². The molecule has 71 valence electrons. The van der Waals surface area contributed by atoms with E-state index in [2.05, 4.69) is 13.8 Å². The SMILES string of the molecule is CC(C)C[CH]c1ccc(F)cc1F. The van der Waals surface area contributed by atoms with Crippen molar-refractivity contribution in [2.75, 3.05) is 0 Å². The van der Waals surface area contributed by atoms with Crippen molar-refractivity contribution in [3.8, 4) is 0 Å². The van der Waals surface area contributed by atoms with Crippen LogP contribution in [0.3, 0.4) is 0 Å². The normalized spacial score (nSPS) is 10.8. The summed E-state index contributed by atoms with van der Waals surface area (Å²) in [5, 5.41) is 0. The molecule has 1 aromatic rings. The van der Waals surface area contributed by atoms with E-state index in [-0.39, 0.29) is 0 Å². The van der Waals surface area contributed by atoms with E-state index in [1.165, 1.54) is 12.1 Å². The molecule has 1 radical (unpaired) electrons. The second-order valence-electron chi connectivity index (χ2n) is 3.50. The van der Waals surface area contributed by atoms with Crippen LogP contribution in [0, 0.1) is 24.0 Å². The molecule has 0 bridgehead atoms. The summed E-state index contributed by atoms with van der Waals surface area (Å²) in [4.78, 5) is 0. The first kappa shape index (κ1) is 10.2. The summed E-state index contributed by atoms with van der Waals surface area (Å²) in [5.74, 6) is -0.524. The van der Waals surface area contributed by atoms with Crippen molar-refractivity contribution in [3.05, 3.63) is 41.8 Å². The van der Waals surface area contributed by atoms with Gasteiger partial charge in [-0.1, -0.05) is 19.9 Å². The van der Waals surface area contributed by atoms with Crippen LogP contribution in [-0.4, -0.2) is 0 Å². The van der Waals surface area contributed by atoms with Crippen LogP contribution in [0.5, 0.6) is 0 Å². The summed E-state index contributed by atoms with van der Waals surface area (Å²) < 4.78 is 25.5. The molecule has 0 saturated carbocycles. The second kappa shape index (κ2) is 4.35. The van der Waals surface area contributed by atoms with Crippen LogP contribution in [0.25, 0.3) is 0 Å². The maximum atomic E-state index is 13.0. The Morgan fingerprint density at radius 3 is 2.54 bits per heavy atom. The summed E-state index contributed by atoms with van der Waals surface area (Å²) in [6.45, 7) is 4.11. The van der Waals surface area contributed by atoms with Crippen LogP contribution in [-0.2, 0) is 0 Å². The van der Waals surface area contributed by atoms with E-state index in [1.807, 2.05) is 0 Å². The molecule has 0 spiro atoms. The lowest BCUT2D eigenvalue weighted by atomic mass is 10.0. The number of halogens is 2. The highest BCUT2D eigenvalue weighted by Crippen LogP contribution is 2.15. The third-order valence-electron chi connectivity index (χ3n) is 1.77. The van der Waals surface area contributed by atoms with Crippen LogP contribution < -0.4 is 0 Å². The second-order valence-corrected chi connectivity index (χ2v) is 3.50. The molecule has 0 fully saturated rings. The highest BCUT2D eigenvalue weighted by Gasteiger charge is 2.04. The molecular weight excluding hydrogens is 170 g/mol. The Balaban J connectivity index is 2.67. The molecule has 1 aromatic carbocycles. The fourth-order valence-corrected chi connectivity index (χ4v) is 1.03. The maximum absolute atomic E-state index is 13.0. The van der Waals surface area contributed by atoms with Gasteiger partial charge >= 0.3 is 0 Å². The maximum Gasteiger partial charge on any atom is 0.129 e. The molecular formula is C11H13F2. The zero-order chi connectivity index (χ0) is 9.84. The predicted molar refractivity (Wildman–Crippen MR) is 49.2 cm³/mol. The average Bonchev–Trinajstić information content (AvgIpc) is 2.02. The van der Waals surface area contributed by atoms with E-state index in [0.717, 1.165) is 12.5 Å². The van der Waals surface area contributed by atoms with Crippen molar-refractivity contribution >= 4 is 0 Å². The topological polar surface area (TPSA) is 0 Å². The Kier molecular flexibility index (Phi) is 3.40. The predicted octanol–water partition coefficient (Wildman–Crippen LogP) is 3.56. The Morgan fingerprint density at radius 2 is 2.00 bits per heavy atom. The molecule has 0 aliphatic rings. The number of hydrogen-bond donors (Lipinski definition) is 0. The summed E-state index contributed by atoms with van der Waals surface area (Å²) in [6, 6.07) is 3.65. The van der Waals surface area contributed by atoms with Gasteiger partial charge in [0.25, 0.3) is 0 Å². The highest BCUT2D eigenvalue weighted by molar-refractivity contribution is 5.25. The van der Waals surface area contributed by atoms with Gasteiger partial charge in [-0.25, -0.2) is 8.78 Å². The molecule has 0 aliphatic heterocycles. The number of hydrogen-bond acceptors (Lipinski definition) is 0.